The van der Waals surface area contributed by atoms with Crippen molar-refractivity contribution in [3.8, 4) is 0 Å². The molecule has 1 heterocycles. The fourth-order valence-corrected chi connectivity index (χ4v) is 2.45. The second-order valence-electron chi connectivity index (χ2n) is 4.28. The summed E-state index contributed by atoms with van der Waals surface area (Å²) in [5, 5.41) is 5.49. The van der Waals surface area contributed by atoms with Gasteiger partial charge in [-0.1, -0.05) is 18.7 Å². The second-order valence-corrected chi connectivity index (χ2v) is 5.18. The first-order valence-corrected chi connectivity index (χ1v) is 7.43. The molecule has 0 aliphatic carbocycles. The monoisotopic (exact) mass is 316 g/mol. The maximum Gasteiger partial charge on any atom is 0.334 e. The van der Waals surface area contributed by atoms with E-state index in [4.69, 9.17) is 4.55 Å². The summed E-state index contributed by atoms with van der Waals surface area (Å²) in [4.78, 5) is 25.1. The molecule has 8 nitrogen and oxygen atoms in total. The van der Waals surface area contributed by atoms with Crippen LogP contribution in [-0.4, -0.2) is 62.8 Å². The molecule has 1 saturated heterocycles. The molecule has 0 aromatic heterocycles. The highest BCUT2D eigenvalue weighted by Gasteiger charge is 2.32. The Labute approximate surface area is 126 Å². The predicted octanol–water partition coefficient (Wildman–Crippen LogP) is -0.345. The molecule has 9 heteroatoms. The van der Waals surface area contributed by atoms with Gasteiger partial charge >= 0.3 is 6.03 Å². The van der Waals surface area contributed by atoms with Crippen LogP contribution in [0.15, 0.2) is 24.3 Å². The zero-order valence-corrected chi connectivity index (χ0v) is 12.9. The van der Waals surface area contributed by atoms with Crippen LogP contribution in [-0.2, 0) is 16.1 Å². The van der Waals surface area contributed by atoms with Crippen molar-refractivity contribution < 1.29 is 18.4 Å². The molecule has 0 radical (unpaired) electrons. The Balaban J connectivity index is 2.70. The standard InChI is InChI=1S/C12H20N4O4S/c1-4-9(5-2)10(11(17)13-3)14-8-15-6-7-16(12(15)18)21(19)20/h4-5,10,14H,1,6-8H2,2-3H3,(H,13,17)(H,19,20)/b9-5+. The van der Waals surface area contributed by atoms with Gasteiger partial charge < -0.3 is 10.2 Å². The molecule has 0 saturated carbocycles. The number of urea groups is 1. The van der Waals surface area contributed by atoms with Crippen LogP contribution in [0.2, 0.25) is 0 Å². The lowest BCUT2D eigenvalue weighted by Crippen LogP contribution is -2.49. The molecule has 1 fully saturated rings. The highest BCUT2D eigenvalue weighted by Crippen LogP contribution is 2.10. The quantitative estimate of drug-likeness (QED) is 0.440. The summed E-state index contributed by atoms with van der Waals surface area (Å²) < 4.78 is 20.7. The highest BCUT2D eigenvalue weighted by molar-refractivity contribution is 7.77. The Morgan fingerprint density at radius 3 is 2.67 bits per heavy atom. The third kappa shape index (κ3) is 4.13. The van der Waals surface area contributed by atoms with Crippen molar-refractivity contribution in [1.82, 2.24) is 19.8 Å². The van der Waals surface area contributed by atoms with E-state index in [0.29, 0.717) is 12.1 Å². The number of rotatable bonds is 7. The van der Waals surface area contributed by atoms with E-state index in [1.54, 1.807) is 19.1 Å². The smallest absolute Gasteiger partial charge is 0.334 e. The van der Waals surface area contributed by atoms with Gasteiger partial charge in [-0.15, -0.1) is 0 Å². The van der Waals surface area contributed by atoms with Gasteiger partial charge in [0.25, 0.3) is 11.3 Å². The first-order valence-electron chi connectivity index (χ1n) is 6.37. The number of carbonyl (C=O) groups is 2. The van der Waals surface area contributed by atoms with Crippen LogP contribution in [0.4, 0.5) is 4.79 Å². The van der Waals surface area contributed by atoms with Gasteiger partial charge in [0.1, 0.15) is 6.04 Å². The van der Waals surface area contributed by atoms with E-state index in [2.05, 4.69) is 17.2 Å². The molecule has 21 heavy (non-hydrogen) atoms. The maximum absolute atomic E-state index is 11.9. The Bertz CT molecular complexity index is 480. The number of likely N-dealkylation sites (N-methyl/N-ethyl adjacent to an activating group) is 1. The van der Waals surface area contributed by atoms with Gasteiger partial charge in [-0.2, -0.15) is 0 Å². The highest BCUT2D eigenvalue weighted by atomic mass is 32.2. The van der Waals surface area contributed by atoms with Crippen LogP contribution >= 0.6 is 0 Å². The summed E-state index contributed by atoms with van der Waals surface area (Å²) in [6.45, 7) is 6.02. The number of nitrogens with one attached hydrogen (secondary N) is 2. The minimum Gasteiger partial charge on any atom is -0.358 e. The van der Waals surface area contributed by atoms with Gasteiger partial charge in [0.15, 0.2) is 0 Å². The summed E-state index contributed by atoms with van der Waals surface area (Å²) in [6.07, 6.45) is 3.31. The third-order valence-electron chi connectivity index (χ3n) is 3.14. The van der Waals surface area contributed by atoms with Gasteiger partial charge in [0.05, 0.1) is 13.2 Å². The zero-order valence-electron chi connectivity index (χ0n) is 12.0. The Morgan fingerprint density at radius 2 is 2.24 bits per heavy atom. The van der Waals surface area contributed by atoms with Crippen molar-refractivity contribution in [2.75, 3.05) is 26.8 Å². The molecule has 1 aliphatic rings. The molecular formula is C12H20N4O4S. The van der Waals surface area contributed by atoms with E-state index in [9.17, 15) is 13.8 Å². The van der Waals surface area contributed by atoms with Crippen LogP contribution < -0.4 is 10.6 Å². The van der Waals surface area contributed by atoms with Gasteiger partial charge in [-0.3, -0.25) is 14.7 Å². The van der Waals surface area contributed by atoms with Crippen molar-refractivity contribution in [3.63, 3.8) is 0 Å². The molecule has 0 aromatic carbocycles. The van der Waals surface area contributed by atoms with Crippen molar-refractivity contribution >= 4 is 23.2 Å². The average molecular weight is 316 g/mol. The van der Waals surface area contributed by atoms with E-state index in [1.807, 2.05) is 0 Å². The van der Waals surface area contributed by atoms with Crippen molar-refractivity contribution in [2.45, 2.75) is 13.0 Å². The third-order valence-corrected chi connectivity index (χ3v) is 3.86. The van der Waals surface area contributed by atoms with Crippen LogP contribution in [0.5, 0.6) is 0 Å². The van der Waals surface area contributed by atoms with Crippen LogP contribution in [0.1, 0.15) is 6.92 Å². The van der Waals surface area contributed by atoms with Gasteiger partial charge in [0.2, 0.25) is 5.91 Å². The van der Waals surface area contributed by atoms with Crippen LogP contribution in [0.3, 0.4) is 0 Å². The molecule has 1 aliphatic heterocycles. The molecule has 118 valence electrons. The van der Waals surface area contributed by atoms with Crippen molar-refractivity contribution in [1.29, 1.82) is 0 Å². The van der Waals surface area contributed by atoms with E-state index < -0.39 is 23.3 Å². The molecule has 2 atom stereocenters. The number of hydrogen-bond acceptors (Lipinski definition) is 4. The van der Waals surface area contributed by atoms with Crippen LogP contribution in [0.25, 0.3) is 0 Å². The Kier molecular flexibility index (Phi) is 6.53. The lowest BCUT2D eigenvalue weighted by Gasteiger charge is -2.22. The molecule has 0 aromatic rings. The molecule has 0 spiro atoms. The molecule has 1 rings (SSSR count). The summed E-state index contributed by atoms with van der Waals surface area (Å²) in [5.41, 5.74) is 0.684. The normalized spacial score (nSPS) is 18.6. The minimum absolute atomic E-state index is 0.0931. The van der Waals surface area contributed by atoms with Gasteiger partial charge in [0, 0.05) is 13.6 Å². The SMILES string of the molecule is C=C/C(=C\C)C(NCN1CCN(S(=O)O)C1=O)C(=O)NC. The van der Waals surface area contributed by atoms with Crippen molar-refractivity contribution in [3.05, 3.63) is 24.3 Å². The molecule has 0 bridgehead atoms. The Hall–Kier alpha value is -1.71. The largest absolute Gasteiger partial charge is 0.358 e. The summed E-state index contributed by atoms with van der Waals surface area (Å²) in [6, 6.07) is -1.18. The molecule has 2 unspecified atom stereocenters. The summed E-state index contributed by atoms with van der Waals surface area (Å²) in [5.74, 6) is -0.253. The predicted molar refractivity (Wildman–Crippen MR) is 79.4 cm³/mol. The second kappa shape index (κ2) is 7.91. The minimum atomic E-state index is -2.32. The number of allylic oxidation sites excluding steroid dienone is 1. The number of amides is 3. The lowest BCUT2D eigenvalue weighted by molar-refractivity contribution is -0.121. The van der Waals surface area contributed by atoms with E-state index in [0.717, 1.165) is 4.31 Å². The average Bonchev–Trinajstić information content (AvgIpc) is 2.84. The van der Waals surface area contributed by atoms with E-state index in [1.165, 1.54) is 11.9 Å². The molecule has 3 amide bonds. The summed E-state index contributed by atoms with van der Waals surface area (Å²) >= 11 is -2.32. The Morgan fingerprint density at radius 1 is 1.57 bits per heavy atom. The van der Waals surface area contributed by atoms with E-state index in [-0.39, 0.29) is 19.1 Å². The first-order chi connectivity index (χ1) is 9.96. The lowest BCUT2D eigenvalue weighted by atomic mass is 10.1. The zero-order chi connectivity index (χ0) is 16.0. The number of carbonyl (C=O) groups excluding carboxylic acids is 2. The maximum atomic E-state index is 11.9. The first kappa shape index (κ1) is 17.3. The molecular weight excluding hydrogens is 296 g/mol. The summed E-state index contributed by atoms with van der Waals surface area (Å²) in [7, 11) is 1.52. The van der Waals surface area contributed by atoms with Gasteiger partial charge in [-0.25, -0.2) is 13.3 Å². The van der Waals surface area contributed by atoms with Crippen molar-refractivity contribution in [2.24, 2.45) is 0 Å². The van der Waals surface area contributed by atoms with Crippen LogP contribution in [0, 0.1) is 0 Å². The number of nitrogens with zero attached hydrogens (tertiary/aromatic N) is 2. The molecule has 3 N–H and O–H groups in total. The van der Waals surface area contributed by atoms with E-state index >= 15 is 0 Å². The number of hydrogen-bond donors (Lipinski definition) is 3. The fraction of sp³-hybridized carbons (Fsp3) is 0.500. The fourth-order valence-electron chi connectivity index (χ4n) is 1.96. The topological polar surface area (TPSA) is 102 Å². The van der Waals surface area contributed by atoms with Gasteiger partial charge in [-0.05, 0) is 12.5 Å².